The number of hydrogen-bond acceptors (Lipinski definition) is 5. The summed E-state index contributed by atoms with van der Waals surface area (Å²) >= 11 is 0. The molecule has 0 saturated carbocycles. The number of piperazine rings is 1. The molecular formula is C9H16N2O4S. The predicted molar refractivity (Wildman–Crippen MR) is 57.8 cm³/mol. The first-order valence-electron chi connectivity index (χ1n) is 5.26. The number of methoxy groups -OCH3 is 1. The van der Waals surface area contributed by atoms with Crippen LogP contribution in [0, 0.1) is 0 Å². The fourth-order valence-corrected chi connectivity index (χ4v) is 4.34. The van der Waals surface area contributed by atoms with Crippen LogP contribution in [-0.4, -0.2) is 69.6 Å². The summed E-state index contributed by atoms with van der Waals surface area (Å²) in [6.07, 6.45) is 0. The summed E-state index contributed by atoms with van der Waals surface area (Å²) in [4.78, 5) is 13.4. The van der Waals surface area contributed by atoms with Crippen molar-refractivity contribution in [3.8, 4) is 0 Å². The van der Waals surface area contributed by atoms with Gasteiger partial charge in [-0.25, -0.2) is 8.42 Å². The van der Waals surface area contributed by atoms with Crippen molar-refractivity contribution in [3.05, 3.63) is 0 Å². The molecule has 0 aliphatic carbocycles. The highest BCUT2D eigenvalue weighted by Gasteiger charge is 2.44. The molecule has 16 heavy (non-hydrogen) atoms. The molecule has 0 radical (unpaired) electrons. The van der Waals surface area contributed by atoms with E-state index in [1.807, 2.05) is 0 Å². The van der Waals surface area contributed by atoms with E-state index in [4.69, 9.17) is 4.74 Å². The third kappa shape index (κ3) is 2.21. The van der Waals surface area contributed by atoms with E-state index in [1.165, 1.54) is 7.11 Å². The fourth-order valence-electron chi connectivity index (χ4n) is 2.38. The molecule has 0 bridgehead atoms. The molecule has 2 aliphatic heterocycles. The van der Waals surface area contributed by atoms with Crippen LogP contribution in [0.2, 0.25) is 0 Å². The van der Waals surface area contributed by atoms with Crippen LogP contribution in [0.1, 0.15) is 0 Å². The molecule has 0 spiro atoms. The molecule has 2 fully saturated rings. The van der Waals surface area contributed by atoms with Crippen molar-refractivity contribution in [2.45, 2.75) is 12.1 Å². The van der Waals surface area contributed by atoms with Crippen molar-refractivity contribution in [3.63, 3.8) is 0 Å². The first-order valence-corrected chi connectivity index (χ1v) is 7.08. The minimum Gasteiger partial charge on any atom is -0.375 e. The monoisotopic (exact) mass is 248 g/mol. The van der Waals surface area contributed by atoms with Gasteiger partial charge < -0.3 is 15.0 Å². The minimum atomic E-state index is -3.01. The molecule has 2 atom stereocenters. The molecule has 2 heterocycles. The zero-order chi connectivity index (χ0) is 11.8. The predicted octanol–water partition coefficient (Wildman–Crippen LogP) is -1.77. The van der Waals surface area contributed by atoms with Crippen LogP contribution in [0.4, 0.5) is 0 Å². The summed E-state index contributed by atoms with van der Waals surface area (Å²) in [6.45, 7) is 1.22. The van der Waals surface area contributed by atoms with Crippen molar-refractivity contribution in [1.82, 2.24) is 10.2 Å². The van der Waals surface area contributed by atoms with Gasteiger partial charge in [0, 0.05) is 26.2 Å². The van der Waals surface area contributed by atoms with Gasteiger partial charge in [-0.15, -0.1) is 0 Å². The first-order chi connectivity index (χ1) is 7.53. The van der Waals surface area contributed by atoms with Gasteiger partial charge in [-0.3, -0.25) is 4.79 Å². The fraction of sp³-hybridized carbons (Fsp3) is 0.889. The second-order valence-corrected chi connectivity index (χ2v) is 6.38. The SMILES string of the molecule is COCC(=O)N1CCN[C@H]2CS(=O)(=O)C[C@@H]21. The summed E-state index contributed by atoms with van der Waals surface area (Å²) in [7, 11) is -1.55. The summed E-state index contributed by atoms with van der Waals surface area (Å²) in [5.41, 5.74) is 0. The Labute approximate surface area is 94.9 Å². The molecule has 92 valence electrons. The van der Waals surface area contributed by atoms with Gasteiger partial charge in [0.15, 0.2) is 9.84 Å². The number of amides is 1. The molecule has 6 nitrogen and oxygen atoms in total. The summed E-state index contributed by atoms with van der Waals surface area (Å²) in [5, 5.41) is 3.15. The number of hydrogen-bond donors (Lipinski definition) is 1. The molecule has 1 N–H and O–H groups in total. The molecule has 2 aliphatic rings. The van der Waals surface area contributed by atoms with E-state index >= 15 is 0 Å². The third-order valence-corrected chi connectivity index (χ3v) is 4.79. The Morgan fingerprint density at radius 3 is 2.94 bits per heavy atom. The van der Waals surface area contributed by atoms with Crippen molar-refractivity contribution in [2.75, 3.05) is 38.3 Å². The highest BCUT2D eigenvalue weighted by Crippen LogP contribution is 2.21. The van der Waals surface area contributed by atoms with Gasteiger partial charge in [-0.1, -0.05) is 0 Å². The molecule has 0 unspecified atom stereocenters. The van der Waals surface area contributed by atoms with E-state index in [9.17, 15) is 13.2 Å². The first kappa shape index (κ1) is 11.8. The summed E-state index contributed by atoms with van der Waals surface area (Å²) < 4.78 is 27.8. The topological polar surface area (TPSA) is 75.7 Å². The van der Waals surface area contributed by atoms with Gasteiger partial charge in [0.25, 0.3) is 0 Å². The highest BCUT2D eigenvalue weighted by atomic mass is 32.2. The maximum Gasteiger partial charge on any atom is 0.248 e. The summed E-state index contributed by atoms with van der Waals surface area (Å²) in [5.74, 6) is 0.0743. The largest absolute Gasteiger partial charge is 0.375 e. The van der Waals surface area contributed by atoms with Gasteiger partial charge in [0.05, 0.1) is 17.5 Å². The molecule has 2 saturated heterocycles. The van der Waals surface area contributed by atoms with Crippen molar-refractivity contribution < 1.29 is 17.9 Å². The minimum absolute atomic E-state index is 0.0171. The normalized spacial score (nSPS) is 32.4. The van der Waals surface area contributed by atoms with Crippen LogP contribution in [0.5, 0.6) is 0 Å². The lowest BCUT2D eigenvalue weighted by Crippen LogP contribution is -2.59. The number of rotatable bonds is 2. The average Bonchev–Trinajstić information content (AvgIpc) is 2.51. The van der Waals surface area contributed by atoms with E-state index in [0.717, 1.165) is 0 Å². The van der Waals surface area contributed by atoms with Gasteiger partial charge in [0.2, 0.25) is 5.91 Å². The Hall–Kier alpha value is -0.660. The number of nitrogens with one attached hydrogen (secondary N) is 1. The van der Waals surface area contributed by atoms with E-state index < -0.39 is 9.84 Å². The van der Waals surface area contributed by atoms with E-state index in [2.05, 4.69) is 5.32 Å². The zero-order valence-electron chi connectivity index (χ0n) is 9.18. The van der Waals surface area contributed by atoms with Crippen LogP contribution in [0.25, 0.3) is 0 Å². The number of carbonyl (C=O) groups excluding carboxylic acids is 1. The van der Waals surface area contributed by atoms with Crippen LogP contribution in [-0.2, 0) is 19.4 Å². The highest BCUT2D eigenvalue weighted by molar-refractivity contribution is 7.91. The van der Waals surface area contributed by atoms with E-state index in [-0.39, 0.29) is 36.1 Å². The number of nitrogens with zero attached hydrogens (tertiary/aromatic N) is 1. The molecule has 1 amide bonds. The van der Waals surface area contributed by atoms with Crippen LogP contribution in [0.15, 0.2) is 0 Å². The molecular weight excluding hydrogens is 232 g/mol. The third-order valence-electron chi connectivity index (χ3n) is 3.07. The van der Waals surface area contributed by atoms with E-state index in [0.29, 0.717) is 13.1 Å². The van der Waals surface area contributed by atoms with Gasteiger partial charge in [-0.2, -0.15) is 0 Å². The maximum atomic E-state index is 11.7. The molecule has 0 aromatic rings. The second kappa shape index (κ2) is 4.31. The lowest BCUT2D eigenvalue weighted by atomic mass is 10.1. The average molecular weight is 248 g/mol. The lowest BCUT2D eigenvalue weighted by molar-refractivity contribution is -0.138. The van der Waals surface area contributed by atoms with Crippen LogP contribution >= 0.6 is 0 Å². The quantitative estimate of drug-likeness (QED) is 0.626. The van der Waals surface area contributed by atoms with Crippen LogP contribution in [0.3, 0.4) is 0 Å². The Balaban J connectivity index is 2.13. The maximum absolute atomic E-state index is 11.7. The Bertz CT molecular complexity index is 381. The molecule has 2 rings (SSSR count). The smallest absolute Gasteiger partial charge is 0.248 e. The Morgan fingerprint density at radius 2 is 2.25 bits per heavy atom. The van der Waals surface area contributed by atoms with Crippen LogP contribution < -0.4 is 5.32 Å². The molecule has 0 aromatic heterocycles. The number of sulfone groups is 1. The molecule has 7 heteroatoms. The standard InChI is InChI=1S/C9H16N2O4S/c1-15-4-9(12)11-3-2-10-7-5-16(13,14)6-8(7)11/h7-8,10H,2-6H2,1H3/t7-,8-/m0/s1. The number of carbonyl (C=O) groups is 1. The van der Waals surface area contributed by atoms with Gasteiger partial charge in [0.1, 0.15) is 6.61 Å². The Morgan fingerprint density at radius 1 is 1.50 bits per heavy atom. The zero-order valence-corrected chi connectivity index (χ0v) is 10.00. The van der Waals surface area contributed by atoms with Gasteiger partial charge in [-0.05, 0) is 0 Å². The van der Waals surface area contributed by atoms with Crippen molar-refractivity contribution in [1.29, 1.82) is 0 Å². The second-order valence-electron chi connectivity index (χ2n) is 4.23. The lowest BCUT2D eigenvalue weighted by Gasteiger charge is -2.37. The number of ether oxygens (including phenoxy) is 1. The van der Waals surface area contributed by atoms with Gasteiger partial charge >= 0.3 is 0 Å². The van der Waals surface area contributed by atoms with Crippen molar-refractivity contribution >= 4 is 15.7 Å². The Kier molecular flexibility index (Phi) is 3.18. The summed E-state index contributed by atoms with van der Waals surface area (Å²) in [6, 6.07) is -0.332. The number of fused-ring (bicyclic) bond motifs is 1. The molecule has 0 aromatic carbocycles. The van der Waals surface area contributed by atoms with E-state index in [1.54, 1.807) is 4.90 Å². The van der Waals surface area contributed by atoms with Crippen molar-refractivity contribution in [2.24, 2.45) is 0 Å².